The van der Waals surface area contributed by atoms with Gasteiger partial charge in [0, 0.05) is 13.5 Å². The molecular formula is C23H34N2O3S. The van der Waals surface area contributed by atoms with Crippen molar-refractivity contribution in [3.05, 3.63) is 35.9 Å². The SMILES string of the molecule is CCC(c1ccccc1)C(CC(=O)NC(CC1CCCCC1)C(=S)NC)C(=O)O. The normalized spacial score (nSPS) is 17.7. The van der Waals surface area contributed by atoms with Crippen molar-refractivity contribution in [2.75, 3.05) is 7.05 Å². The minimum atomic E-state index is -0.934. The van der Waals surface area contributed by atoms with Gasteiger partial charge in [-0.05, 0) is 30.2 Å². The highest BCUT2D eigenvalue weighted by Gasteiger charge is 2.32. The number of aliphatic carboxylic acids is 1. The molecule has 1 aliphatic rings. The molecule has 3 unspecified atom stereocenters. The van der Waals surface area contributed by atoms with Gasteiger partial charge in [-0.3, -0.25) is 9.59 Å². The molecule has 0 aromatic heterocycles. The Morgan fingerprint density at radius 2 is 1.83 bits per heavy atom. The number of hydrogen-bond acceptors (Lipinski definition) is 3. The highest BCUT2D eigenvalue weighted by atomic mass is 32.1. The summed E-state index contributed by atoms with van der Waals surface area (Å²) in [5, 5.41) is 15.8. The van der Waals surface area contributed by atoms with Crippen LogP contribution in [0, 0.1) is 11.8 Å². The average Bonchev–Trinajstić information content (AvgIpc) is 2.74. The van der Waals surface area contributed by atoms with Crippen LogP contribution in [0.5, 0.6) is 0 Å². The Morgan fingerprint density at radius 3 is 2.38 bits per heavy atom. The van der Waals surface area contributed by atoms with E-state index in [4.69, 9.17) is 12.2 Å². The van der Waals surface area contributed by atoms with Crippen LogP contribution in [0.4, 0.5) is 0 Å². The number of carboxylic acid groups (broad SMARTS) is 1. The van der Waals surface area contributed by atoms with Crippen LogP contribution in [0.1, 0.15) is 69.8 Å². The Bertz CT molecular complexity index is 674. The van der Waals surface area contributed by atoms with Crippen molar-refractivity contribution >= 4 is 29.1 Å². The fourth-order valence-electron chi connectivity index (χ4n) is 4.47. The van der Waals surface area contributed by atoms with E-state index < -0.39 is 11.9 Å². The zero-order valence-electron chi connectivity index (χ0n) is 17.5. The molecule has 3 N–H and O–H groups in total. The van der Waals surface area contributed by atoms with E-state index >= 15 is 0 Å². The molecule has 1 amide bonds. The first-order valence-electron chi connectivity index (χ1n) is 10.7. The van der Waals surface area contributed by atoms with E-state index in [-0.39, 0.29) is 24.3 Å². The van der Waals surface area contributed by atoms with Gasteiger partial charge >= 0.3 is 5.97 Å². The van der Waals surface area contributed by atoms with Gasteiger partial charge < -0.3 is 15.7 Å². The summed E-state index contributed by atoms with van der Waals surface area (Å²) in [4.78, 5) is 25.4. The van der Waals surface area contributed by atoms with Crippen LogP contribution in [0.2, 0.25) is 0 Å². The number of carboxylic acids is 1. The summed E-state index contributed by atoms with van der Waals surface area (Å²) >= 11 is 5.44. The monoisotopic (exact) mass is 418 g/mol. The van der Waals surface area contributed by atoms with Gasteiger partial charge in [0.15, 0.2) is 0 Å². The second-order valence-corrected chi connectivity index (χ2v) is 8.49. The molecule has 0 aliphatic heterocycles. The number of benzene rings is 1. The lowest BCUT2D eigenvalue weighted by Gasteiger charge is -2.28. The number of thiocarbonyl (C=S) groups is 1. The van der Waals surface area contributed by atoms with Crippen molar-refractivity contribution in [2.24, 2.45) is 11.8 Å². The minimum Gasteiger partial charge on any atom is -0.481 e. The first kappa shape index (κ1) is 23.3. The van der Waals surface area contributed by atoms with E-state index in [9.17, 15) is 14.7 Å². The average molecular weight is 419 g/mol. The van der Waals surface area contributed by atoms with E-state index in [0.717, 1.165) is 12.0 Å². The van der Waals surface area contributed by atoms with Gasteiger partial charge in [-0.2, -0.15) is 0 Å². The highest BCUT2D eigenvalue weighted by Crippen LogP contribution is 2.31. The summed E-state index contributed by atoms with van der Waals surface area (Å²) in [6.07, 6.45) is 7.51. The first-order chi connectivity index (χ1) is 14.0. The number of amides is 1. The number of carbonyl (C=O) groups excluding carboxylic acids is 1. The van der Waals surface area contributed by atoms with Crippen molar-refractivity contribution in [1.82, 2.24) is 10.6 Å². The molecule has 0 spiro atoms. The fraction of sp³-hybridized carbons (Fsp3) is 0.609. The second kappa shape index (κ2) is 11.9. The van der Waals surface area contributed by atoms with Gasteiger partial charge in [-0.25, -0.2) is 0 Å². The molecule has 3 atom stereocenters. The van der Waals surface area contributed by atoms with Crippen LogP contribution >= 0.6 is 12.2 Å². The van der Waals surface area contributed by atoms with Gasteiger partial charge in [-0.1, -0.05) is 81.6 Å². The van der Waals surface area contributed by atoms with E-state index in [1.54, 1.807) is 7.05 Å². The lowest BCUT2D eigenvalue weighted by Crippen LogP contribution is -2.46. The number of hydrogen-bond donors (Lipinski definition) is 3. The quantitative estimate of drug-likeness (QED) is 0.495. The maximum atomic E-state index is 12.8. The maximum Gasteiger partial charge on any atom is 0.307 e. The third kappa shape index (κ3) is 7.11. The van der Waals surface area contributed by atoms with Crippen LogP contribution in [0.15, 0.2) is 30.3 Å². The van der Waals surface area contributed by atoms with Gasteiger partial charge in [0.2, 0.25) is 5.91 Å². The molecule has 0 radical (unpaired) electrons. The Hall–Kier alpha value is -1.95. The molecule has 1 aliphatic carbocycles. The topological polar surface area (TPSA) is 78.4 Å². The molecule has 29 heavy (non-hydrogen) atoms. The Balaban J connectivity index is 2.06. The number of likely N-dealkylation sites (N-methyl/N-ethyl adjacent to an activating group) is 1. The molecule has 0 heterocycles. The number of carbonyl (C=O) groups is 2. The van der Waals surface area contributed by atoms with Crippen molar-refractivity contribution < 1.29 is 14.7 Å². The summed E-state index contributed by atoms with van der Waals surface area (Å²) in [5.41, 5.74) is 0.958. The van der Waals surface area contributed by atoms with Crippen LogP contribution in [0.3, 0.4) is 0 Å². The second-order valence-electron chi connectivity index (χ2n) is 8.05. The molecule has 160 valence electrons. The largest absolute Gasteiger partial charge is 0.481 e. The zero-order chi connectivity index (χ0) is 21.2. The lowest BCUT2D eigenvalue weighted by atomic mass is 9.81. The van der Waals surface area contributed by atoms with E-state index in [2.05, 4.69) is 10.6 Å². The highest BCUT2D eigenvalue weighted by molar-refractivity contribution is 7.80. The third-order valence-electron chi connectivity index (χ3n) is 6.07. The molecule has 6 heteroatoms. The third-order valence-corrected chi connectivity index (χ3v) is 6.56. The van der Waals surface area contributed by atoms with Crippen molar-refractivity contribution in [3.63, 3.8) is 0 Å². The molecular weight excluding hydrogens is 384 g/mol. The van der Waals surface area contributed by atoms with Crippen molar-refractivity contribution in [3.8, 4) is 0 Å². The summed E-state index contributed by atoms with van der Waals surface area (Å²) in [7, 11) is 1.77. The van der Waals surface area contributed by atoms with E-state index in [0.29, 0.717) is 17.3 Å². The molecule has 0 bridgehead atoms. The molecule has 1 saturated carbocycles. The number of rotatable bonds is 10. The molecule has 5 nitrogen and oxygen atoms in total. The summed E-state index contributed by atoms with van der Waals surface area (Å²) in [6.45, 7) is 1.97. The summed E-state index contributed by atoms with van der Waals surface area (Å²) in [6, 6.07) is 9.35. The van der Waals surface area contributed by atoms with Gasteiger partial charge in [0.1, 0.15) is 0 Å². The van der Waals surface area contributed by atoms with Crippen LogP contribution < -0.4 is 10.6 Å². The molecule has 1 fully saturated rings. The minimum absolute atomic E-state index is 0.0454. The van der Waals surface area contributed by atoms with Crippen molar-refractivity contribution in [2.45, 2.75) is 70.3 Å². The van der Waals surface area contributed by atoms with E-state index in [1.807, 2.05) is 37.3 Å². The Kier molecular flexibility index (Phi) is 9.58. The smallest absolute Gasteiger partial charge is 0.307 e. The lowest BCUT2D eigenvalue weighted by molar-refractivity contribution is -0.145. The Morgan fingerprint density at radius 1 is 1.17 bits per heavy atom. The van der Waals surface area contributed by atoms with Crippen molar-refractivity contribution in [1.29, 1.82) is 0 Å². The number of nitrogens with one attached hydrogen (secondary N) is 2. The van der Waals surface area contributed by atoms with Gasteiger partial charge in [0.25, 0.3) is 0 Å². The Labute approximate surface area is 179 Å². The van der Waals surface area contributed by atoms with Crippen LogP contribution in [0.25, 0.3) is 0 Å². The van der Waals surface area contributed by atoms with Gasteiger partial charge in [0.05, 0.1) is 16.9 Å². The zero-order valence-corrected chi connectivity index (χ0v) is 18.3. The summed E-state index contributed by atoms with van der Waals surface area (Å²) < 4.78 is 0. The van der Waals surface area contributed by atoms with Gasteiger partial charge in [-0.15, -0.1) is 0 Å². The van der Waals surface area contributed by atoms with Crippen LogP contribution in [-0.2, 0) is 9.59 Å². The summed E-state index contributed by atoms with van der Waals surface area (Å²) in [5.74, 6) is -1.59. The predicted octanol–water partition coefficient (Wildman–Crippen LogP) is 4.27. The van der Waals surface area contributed by atoms with E-state index in [1.165, 1.54) is 32.1 Å². The maximum absolute atomic E-state index is 12.8. The molecule has 2 rings (SSSR count). The predicted molar refractivity (Wildman–Crippen MR) is 120 cm³/mol. The standard InChI is InChI=1S/C23H34N2O3S/c1-3-18(17-12-8-5-9-13-17)19(23(27)28)15-21(26)25-20(22(29)24-2)14-16-10-6-4-7-11-16/h5,8-9,12-13,16,18-20H,3-4,6-7,10-11,14-15H2,1-2H3,(H,24,29)(H,25,26)(H,27,28). The van der Waals surface area contributed by atoms with Crippen LogP contribution in [-0.4, -0.2) is 35.1 Å². The molecule has 0 saturated heterocycles. The molecule has 1 aromatic carbocycles. The molecule has 1 aromatic rings. The first-order valence-corrected chi connectivity index (χ1v) is 11.2. The fourth-order valence-corrected chi connectivity index (χ4v) is 4.62.